The number of rotatable bonds is 4. The zero-order valence-corrected chi connectivity index (χ0v) is 8.03. The molecule has 2 aliphatic rings. The Hall–Kier alpha value is -0.840. The average molecular weight is 202 g/mol. The van der Waals surface area contributed by atoms with Crippen LogP contribution in [0.5, 0.6) is 0 Å². The highest BCUT2D eigenvalue weighted by Crippen LogP contribution is 2.29. The van der Waals surface area contributed by atoms with E-state index in [-0.39, 0.29) is 12.6 Å². The molecule has 4 nitrogen and oxygen atoms in total. The second kappa shape index (κ2) is 3.73. The van der Waals surface area contributed by atoms with Crippen LogP contribution in [0.4, 0.5) is 9.18 Å². The van der Waals surface area contributed by atoms with Gasteiger partial charge in [-0.2, -0.15) is 0 Å². The first kappa shape index (κ1) is 9.71. The van der Waals surface area contributed by atoms with E-state index in [0.29, 0.717) is 12.6 Å². The minimum absolute atomic E-state index is 0.0417. The van der Waals surface area contributed by atoms with E-state index in [1.54, 1.807) is 0 Å². The van der Waals surface area contributed by atoms with Crippen LogP contribution in [0.1, 0.15) is 12.8 Å². The van der Waals surface area contributed by atoms with Crippen molar-refractivity contribution in [2.75, 3.05) is 26.3 Å². The van der Waals surface area contributed by atoms with Crippen LogP contribution in [-0.4, -0.2) is 59.4 Å². The fourth-order valence-electron chi connectivity index (χ4n) is 1.80. The largest absolute Gasteiger partial charge is 0.389 e. The molecule has 1 aliphatic carbocycles. The number of aliphatic hydroxyl groups is 1. The predicted octanol–water partition coefficient (Wildman–Crippen LogP) is 0.217. The fraction of sp³-hybridized carbons (Fsp3) is 0.889. The SMILES string of the molecule is O=C1N(CC(O)CF)CCN1C1CC1. The maximum absolute atomic E-state index is 12.0. The van der Waals surface area contributed by atoms with Gasteiger partial charge in [-0.3, -0.25) is 0 Å². The molecule has 0 aromatic carbocycles. The summed E-state index contributed by atoms with van der Waals surface area (Å²) in [5, 5.41) is 9.09. The first-order valence-electron chi connectivity index (χ1n) is 5.02. The molecular formula is C9H15FN2O2. The second-order valence-corrected chi connectivity index (χ2v) is 3.96. The molecule has 0 spiro atoms. The lowest BCUT2D eigenvalue weighted by Gasteiger charge is -2.19. The lowest BCUT2D eigenvalue weighted by molar-refractivity contribution is 0.104. The monoisotopic (exact) mass is 202 g/mol. The Morgan fingerprint density at radius 2 is 2.21 bits per heavy atom. The molecule has 1 saturated carbocycles. The van der Waals surface area contributed by atoms with Crippen molar-refractivity contribution in [2.45, 2.75) is 25.0 Å². The van der Waals surface area contributed by atoms with E-state index in [1.165, 1.54) is 4.90 Å². The van der Waals surface area contributed by atoms with Gasteiger partial charge in [0.1, 0.15) is 6.67 Å². The highest BCUT2D eigenvalue weighted by molar-refractivity contribution is 5.77. The molecule has 5 heteroatoms. The van der Waals surface area contributed by atoms with Crippen LogP contribution in [0.3, 0.4) is 0 Å². The first-order chi connectivity index (χ1) is 6.72. The van der Waals surface area contributed by atoms with Gasteiger partial charge in [-0.05, 0) is 12.8 Å². The fourth-order valence-corrected chi connectivity index (χ4v) is 1.80. The van der Waals surface area contributed by atoms with Gasteiger partial charge in [-0.1, -0.05) is 0 Å². The maximum Gasteiger partial charge on any atom is 0.320 e. The summed E-state index contributed by atoms with van der Waals surface area (Å²) in [6, 6.07) is 0.370. The van der Waals surface area contributed by atoms with E-state index in [1.807, 2.05) is 4.90 Å². The highest BCUT2D eigenvalue weighted by atomic mass is 19.1. The van der Waals surface area contributed by atoms with Crippen LogP contribution in [-0.2, 0) is 0 Å². The third-order valence-corrected chi connectivity index (χ3v) is 2.72. The van der Waals surface area contributed by atoms with Gasteiger partial charge in [0.05, 0.1) is 12.6 Å². The number of amides is 2. The standard InChI is InChI=1S/C9H15FN2O2/c10-5-8(13)6-11-3-4-12(9(11)14)7-1-2-7/h7-8,13H,1-6H2. The number of nitrogens with zero attached hydrogens (tertiary/aromatic N) is 2. The van der Waals surface area contributed by atoms with Gasteiger partial charge in [-0.25, -0.2) is 9.18 Å². The number of aliphatic hydroxyl groups excluding tert-OH is 1. The molecule has 2 rings (SSSR count). The lowest BCUT2D eigenvalue weighted by Crippen LogP contribution is -2.38. The summed E-state index contributed by atoms with van der Waals surface area (Å²) < 4.78 is 12.0. The van der Waals surface area contributed by atoms with Crippen LogP contribution in [0, 0.1) is 0 Å². The third kappa shape index (κ3) is 1.82. The molecule has 0 radical (unpaired) electrons. The molecule has 1 saturated heterocycles. The maximum atomic E-state index is 12.0. The Kier molecular flexibility index (Phi) is 2.58. The van der Waals surface area contributed by atoms with Crippen molar-refractivity contribution in [2.24, 2.45) is 0 Å². The molecule has 2 amide bonds. The number of alkyl halides is 1. The minimum Gasteiger partial charge on any atom is -0.389 e. The Morgan fingerprint density at radius 1 is 1.50 bits per heavy atom. The molecule has 0 aromatic rings. The number of hydrogen-bond donors (Lipinski definition) is 1. The van der Waals surface area contributed by atoms with E-state index in [2.05, 4.69) is 0 Å². The quantitative estimate of drug-likeness (QED) is 0.708. The second-order valence-electron chi connectivity index (χ2n) is 3.96. The lowest BCUT2D eigenvalue weighted by atomic mass is 10.3. The number of urea groups is 1. The van der Waals surface area contributed by atoms with Crippen LogP contribution in [0.15, 0.2) is 0 Å². The number of β-amino-alcohol motifs (C(OH)–C–C–N with tert-alkyl or cyclic N) is 1. The van der Waals surface area contributed by atoms with Crippen molar-refractivity contribution in [3.05, 3.63) is 0 Å². The molecule has 0 bridgehead atoms. The van der Waals surface area contributed by atoms with Gasteiger partial charge in [0.15, 0.2) is 0 Å². The molecule has 80 valence electrons. The van der Waals surface area contributed by atoms with Crippen molar-refractivity contribution in [3.8, 4) is 0 Å². The van der Waals surface area contributed by atoms with Gasteiger partial charge < -0.3 is 14.9 Å². The van der Waals surface area contributed by atoms with Crippen LogP contribution < -0.4 is 0 Å². The number of hydrogen-bond acceptors (Lipinski definition) is 2. The summed E-state index contributed by atoms with van der Waals surface area (Å²) in [6.07, 6.45) is 1.15. The molecule has 0 aromatic heterocycles. The topological polar surface area (TPSA) is 43.8 Å². The predicted molar refractivity (Wildman–Crippen MR) is 48.7 cm³/mol. The number of halogens is 1. The van der Waals surface area contributed by atoms with E-state index >= 15 is 0 Å². The van der Waals surface area contributed by atoms with Gasteiger partial charge >= 0.3 is 6.03 Å². The number of carbonyl (C=O) groups excluding carboxylic acids is 1. The Bertz CT molecular complexity index is 233. The number of carbonyl (C=O) groups is 1. The highest BCUT2D eigenvalue weighted by Gasteiger charge is 2.39. The third-order valence-electron chi connectivity index (χ3n) is 2.72. The first-order valence-corrected chi connectivity index (χ1v) is 5.02. The van der Waals surface area contributed by atoms with Crippen LogP contribution in [0.2, 0.25) is 0 Å². The van der Waals surface area contributed by atoms with E-state index in [4.69, 9.17) is 5.11 Å². The molecule has 2 fully saturated rings. The molecule has 1 aliphatic heterocycles. The van der Waals surface area contributed by atoms with Crippen molar-refractivity contribution in [1.82, 2.24) is 9.80 Å². The van der Waals surface area contributed by atoms with Gasteiger partial charge in [-0.15, -0.1) is 0 Å². The summed E-state index contributed by atoms with van der Waals surface area (Å²) in [5.74, 6) is 0. The Labute approximate surface area is 82.3 Å². The Balaban J connectivity index is 1.86. The van der Waals surface area contributed by atoms with Crippen molar-refractivity contribution in [1.29, 1.82) is 0 Å². The summed E-state index contributed by atoms with van der Waals surface area (Å²) >= 11 is 0. The Morgan fingerprint density at radius 3 is 2.79 bits per heavy atom. The average Bonchev–Trinajstić information content (AvgIpc) is 2.95. The normalized spacial score (nSPS) is 24.6. The van der Waals surface area contributed by atoms with Crippen molar-refractivity contribution < 1.29 is 14.3 Å². The molecule has 1 N–H and O–H groups in total. The van der Waals surface area contributed by atoms with E-state index < -0.39 is 12.8 Å². The van der Waals surface area contributed by atoms with E-state index in [0.717, 1.165) is 19.4 Å². The van der Waals surface area contributed by atoms with Crippen LogP contribution in [0.25, 0.3) is 0 Å². The van der Waals surface area contributed by atoms with Gasteiger partial charge in [0.25, 0.3) is 0 Å². The molecular weight excluding hydrogens is 187 g/mol. The summed E-state index contributed by atoms with van der Waals surface area (Å²) in [6.45, 7) is 0.681. The molecule has 14 heavy (non-hydrogen) atoms. The summed E-state index contributed by atoms with van der Waals surface area (Å²) in [7, 11) is 0. The molecule has 1 atom stereocenters. The van der Waals surface area contributed by atoms with Gasteiger partial charge in [0.2, 0.25) is 0 Å². The van der Waals surface area contributed by atoms with Crippen LogP contribution >= 0.6 is 0 Å². The summed E-state index contributed by atoms with van der Waals surface area (Å²) in [4.78, 5) is 15.0. The van der Waals surface area contributed by atoms with Gasteiger partial charge in [0, 0.05) is 19.1 Å². The zero-order valence-electron chi connectivity index (χ0n) is 8.03. The minimum atomic E-state index is -1.03. The molecule has 1 unspecified atom stereocenters. The van der Waals surface area contributed by atoms with Crippen molar-refractivity contribution in [3.63, 3.8) is 0 Å². The van der Waals surface area contributed by atoms with E-state index in [9.17, 15) is 9.18 Å². The molecule has 1 heterocycles. The smallest absolute Gasteiger partial charge is 0.320 e. The summed E-state index contributed by atoms with van der Waals surface area (Å²) in [5.41, 5.74) is 0. The zero-order chi connectivity index (χ0) is 10.1. The van der Waals surface area contributed by atoms with Crippen molar-refractivity contribution >= 4 is 6.03 Å².